The number of allylic oxidation sites excluding steroid dienone is 4. The van der Waals surface area contributed by atoms with Gasteiger partial charge in [-0.25, -0.2) is 0 Å². The molecule has 1 aromatic carbocycles. The maximum atomic E-state index is 8.58. The predicted molar refractivity (Wildman–Crippen MR) is 96.5 cm³/mol. The number of nitrogens with two attached hydrogens (primary N) is 1. The summed E-state index contributed by atoms with van der Waals surface area (Å²) in [5.74, 6) is 0.587. The number of hydrogen-bond acceptors (Lipinski definition) is 1. The van der Waals surface area contributed by atoms with E-state index >= 15 is 0 Å². The van der Waals surface area contributed by atoms with Crippen LogP contribution in [0.25, 0.3) is 5.57 Å². The molecule has 0 aliphatic carbocycles. The first-order valence-corrected chi connectivity index (χ1v) is 8.17. The molecular formula is C17H23BrClNO. The number of carbonyl (C=O) groups is 1. The number of aryl methyl sites for hydroxylation is 1. The second kappa shape index (κ2) is 11.6. The number of rotatable bonds is 5. The van der Waals surface area contributed by atoms with Crippen LogP contribution in [-0.4, -0.2) is 12.3 Å². The highest BCUT2D eigenvalue weighted by molar-refractivity contribution is 9.10. The number of primary amides is 1. The zero-order valence-corrected chi connectivity index (χ0v) is 15.2. The van der Waals surface area contributed by atoms with E-state index in [9.17, 15) is 0 Å². The van der Waals surface area contributed by atoms with E-state index in [0.29, 0.717) is 5.88 Å². The van der Waals surface area contributed by atoms with Gasteiger partial charge in [-0.1, -0.05) is 53.1 Å². The van der Waals surface area contributed by atoms with Crippen LogP contribution in [0.4, 0.5) is 0 Å². The molecule has 0 saturated heterocycles. The van der Waals surface area contributed by atoms with Gasteiger partial charge in [0.05, 0.1) is 0 Å². The lowest BCUT2D eigenvalue weighted by Gasteiger charge is -2.10. The molecule has 0 heterocycles. The van der Waals surface area contributed by atoms with Crippen molar-refractivity contribution in [1.29, 1.82) is 0 Å². The topological polar surface area (TPSA) is 43.1 Å². The van der Waals surface area contributed by atoms with Crippen LogP contribution in [0.5, 0.6) is 0 Å². The van der Waals surface area contributed by atoms with Gasteiger partial charge in [-0.15, -0.1) is 11.6 Å². The van der Waals surface area contributed by atoms with Crippen LogP contribution >= 0.6 is 27.5 Å². The molecule has 0 saturated carbocycles. The number of halogens is 2. The summed E-state index contributed by atoms with van der Waals surface area (Å²) in [7, 11) is 0. The molecule has 1 rings (SSSR count). The molecule has 0 bridgehead atoms. The van der Waals surface area contributed by atoms with Gasteiger partial charge >= 0.3 is 0 Å². The third-order valence-electron chi connectivity index (χ3n) is 2.84. The van der Waals surface area contributed by atoms with E-state index in [0.717, 1.165) is 10.9 Å². The predicted octanol–water partition coefficient (Wildman–Crippen LogP) is 5.09. The third-order valence-corrected chi connectivity index (χ3v) is 3.76. The standard InChI is InChI=1S/C16H20BrCl.CH3NO/c1-4-5-14-8-9-15(17)10-16(14)13(3)7-6-12(2)11-18;2-1-3/h6-10H,4-5,11H2,1-3H3;1H,(H2,2,3)/b12-6-,13-7+;. The molecule has 4 heteroatoms. The van der Waals surface area contributed by atoms with Crippen LogP contribution in [0.1, 0.15) is 38.3 Å². The lowest BCUT2D eigenvalue weighted by Crippen LogP contribution is -1.92. The number of hydrogen-bond donors (Lipinski definition) is 1. The van der Waals surface area contributed by atoms with Crippen molar-refractivity contribution < 1.29 is 4.79 Å². The lowest BCUT2D eigenvalue weighted by molar-refractivity contribution is -0.106. The summed E-state index contributed by atoms with van der Waals surface area (Å²) < 4.78 is 1.13. The first-order chi connectivity index (χ1) is 9.99. The molecular weight excluding hydrogens is 350 g/mol. The van der Waals surface area contributed by atoms with Crippen molar-refractivity contribution in [1.82, 2.24) is 0 Å². The van der Waals surface area contributed by atoms with E-state index in [-0.39, 0.29) is 6.41 Å². The van der Waals surface area contributed by atoms with Gasteiger partial charge in [0.15, 0.2) is 0 Å². The van der Waals surface area contributed by atoms with Crippen LogP contribution in [0, 0.1) is 0 Å². The molecule has 0 aliphatic rings. The van der Waals surface area contributed by atoms with Gasteiger partial charge in [0.2, 0.25) is 6.41 Å². The zero-order chi connectivity index (χ0) is 16.3. The molecule has 2 N–H and O–H groups in total. The highest BCUT2D eigenvalue weighted by Gasteiger charge is 2.04. The summed E-state index contributed by atoms with van der Waals surface area (Å²) >= 11 is 9.33. The Balaban J connectivity index is 0.00000122. The van der Waals surface area contributed by atoms with E-state index in [1.807, 2.05) is 6.92 Å². The molecule has 21 heavy (non-hydrogen) atoms. The monoisotopic (exact) mass is 371 g/mol. The number of alkyl halides is 1. The fraction of sp³-hybridized carbons (Fsp3) is 0.353. The first kappa shape index (κ1) is 19.9. The highest BCUT2D eigenvalue weighted by atomic mass is 79.9. The van der Waals surface area contributed by atoms with Gasteiger partial charge in [-0.3, -0.25) is 4.79 Å². The Morgan fingerprint density at radius 2 is 1.95 bits per heavy atom. The van der Waals surface area contributed by atoms with Gasteiger partial charge in [0.1, 0.15) is 0 Å². The van der Waals surface area contributed by atoms with E-state index in [1.54, 1.807) is 0 Å². The van der Waals surface area contributed by atoms with Crippen molar-refractivity contribution in [2.75, 3.05) is 5.88 Å². The van der Waals surface area contributed by atoms with Crippen molar-refractivity contribution in [3.05, 3.63) is 51.5 Å². The Bertz CT molecular complexity index is 510. The van der Waals surface area contributed by atoms with Crippen molar-refractivity contribution in [2.45, 2.75) is 33.6 Å². The van der Waals surface area contributed by atoms with Gasteiger partial charge < -0.3 is 5.73 Å². The molecule has 2 nitrogen and oxygen atoms in total. The fourth-order valence-corrected chi connectivity index (χ4v) is 2.25. The molecule has 1 amide bonds. The highest BCUT2D eigenvalue weighted by Crippen LogP contribution is 2.24. The Morgan fingerprint density at radius 3 is 2.48 bits per heavy atom. The van der Waals surface area contributed by atoms with E-state index in [2.05, 4.69) is 65.9 Å². The quantitative estimate of drug-likeness (QED) is 0.436. The van der Waals surface area contributed by atoms with Gasteiger partial charge in [-0.2, -0.15) is 0 Å². The van der Waals surface area contributed by atoms with Gasteiger partial charge in [0.25, 0.3) is 0 Å². The summed E-state index contributed by atoms with van der Waals surface area (Å²) in [6.07, 6.45) is 6.78. The van der Waals surface area contributed by atoms with E-state index in [4.69, 9.17) is 16.4 Å². The maximum Gasteiger partial charge on any atom is 0.204 e. The minimum Gasteiger partial charge on any atom is -0.372 e. The molecule has 0 radical (unpaired) electrons. The van der Waals surface area contributed by atoms with Crippen LogP contribution in [0.2, 0.25) is 0 Å². The smallest absolute Gasteiger partial charge is 0.204 e. The molecule has 0 atom stereocenters. The zero-order valence-electron chi connectivity index (χ0n) is 12.8. The molecule has 0 spiro atoms. The third kappa shape index (κ3) is 8.08. The molecule has 0 unspecified atom stereocenters. The molecule has 0 aromatic heterocycles. The first-order valence-electron chi connectivity index (χ1n) is 6.84. The van der Waals surface area contributed by atoms with E-state index < -0.39 is 0 Å². The second-order valence-corrected chi connectivity index (χ2v) is 5.87. The molecule has 0 fully saturated rings. The summed E-state index contributed by atoms with van der Waals surface area (Å²) in [6, 6.07) is 6.51. The van der Waals surface area contributed by atoms with Crippen molar-refractivity contribution >= 4 is 39.5 Å². The largest absolute Gasteiger partial charge is 0.372 e. The Kier molecular flexibility index (Phi) is 11.0. The lowest BCUT2D eigenvalue weighted by atomic mass is 9.97. The normalized spacial score (nSPS) is 11.7. The second-order valence-electron chi connectivity index (χ2n) is 4.68. The molecule has 1 aromatic rings. The summed E-state index contributed by atoms with van der Waals surface area (Å²) in [5.41, 5.74) is 9.36. The van der Waals surface area contributed by atoms with Gasteiger partial charge in [-0.05, 0) is 49.1 Å². The van der Waals surface area contributed by atoms with Crippen molar-refractivity contribution in [2.24, 2.45) is 5.73 Å². The Morgan fingerprint density at radius 1 is 1.33 bits per heavy atom. The maximum absolute atomic E-state index is 8.58. The van der Waals surface area contributed by atoms with Crippen LogP contribution in [-0.2, 0) is 11.2 Å². The number of benzene rings is 1. The number of amides is 1. The molecule has 116 valence electrons. The summed E-state index contributed by atoms with van der Waals surface area (Å²) in [6.45, 7) is 6.41. The molecule has 0 aliphatic heterocycles. The SMILES string of the molecule is CCCc1ccc(Br)cc1/C(C)=C/C=C(/C)CCl.NC=O. The van der Waals surface area contributed by atoms with E-state index in [1.165, 1.54) is 28.7 Å². The Labute approximate surface area is 141 Å². The van der Waals surface area contributed by atoms with Crippen LogP contribution in [0.15, 0.2) is 40.4 Å². The van der Waals surface area contributed by atoms with Crippen LogP contribution < -0.4 is 5.73 Å². The summed E-state index contributed by atoms with van der Waals surface area (Å²) in [5, 5.41) is 0. The van der Waals surface area contributed by atoms with Crippen molar-refractivity contribution in [3.63, 3.8) is 0 Å². The van der Waals surface area contributed by atoms with Gasteiger partial charge in [0, 0.05) is 10.4 Å². The fourth-order valence-electron chi connectivity index (χ4n) is 1.80. The minimum absolute atomic E-state index is 0.250. The minimum atomic E-state index is 0.250. The number of carbonyl (C=O) groups excluding carboxylic acids is 1. The average molecular weight is 373 g/mol. The average Bonchev–Trinajstić information content (AvgIpc) is 2.47. The summed E-state index contributed by atoms with van der Waals surface area (Å²) in [4.78, 5) is 8.58. The Hall–Kier alpha value is -1.06. The van der Waals surface area contributed by atoms with Crippen molar-refractivity contribution in [3.8, 4) is 0 Å². The van der Waals surface area contributed by atoms with Crippen LogP contribution in [0.3, 0.4) is 0 Å².